The van der Waals surface area contributed by atoms with Crippen molar-refractivity contribution >= 4 is 5.91 Å². The zero-order valence-electron chi connectivity index (χ0n) is 15.2. The molecule has 0 fully saturated rings. The number of rotatable bonds is 3. The highest BCUT2D eigenvalue weighted by atomic mass is 16.1. The van der Waals surface area contributed by atoms with Crippen molar-refractivity contribution in [3.8, 4) is 0 Å². The van der Waals surface area contributed by atoms with E-state index >= 15 is 0 Å². The van der Waals surface area contributed by atoms with Crippen molar-refractivity contribution in [1.29, 1.82) is 0 Å². The second kappa shape index (κ2) is 16.8. The minimum Gasteiger partial charge on any atom is -0.366 e. The highest BCUT2D eigenvalue weighted by Gasteiger charge is 2.08. The molecule has 0 aromatic heterocycles. The van der Waals surface area contributed by atoms with Crippen LogP contribution in [-0.2, 0) is 12.8 Å². The summed E-state index contributed by atoms with van der Waals surface area (Å²) in [5.74, 6) is -0.327. The van der Waals surface area contributed by atoms with Crippen LogP contribution >= 0.6 is 0 Å². The summed E-state index contributed by atoms with van der Waals surface area (Å²) in [7, 11) is 0. The molecule has 0 saturated heterocycles. The lowest BCUT2D eigenvalue weighted by Crippen LogP contribution is -2.14. The molecule has 0 spiro atoms. The molecular weight excluding hydrogens is 306 g/mol. The van der Waals surface area contributed by atoms with Gasteiger partial charge in [0.1, 0.15) is 0 Å². The number of benzene rings is 2. The Morgan fingerprint density at radius 2 is 1.36 bits per heavy atom. The van der Waals surface area contributed by atoms with Crippen LogP contribution in [-0.4, -0.2) is 5.91 Å². The van der Waals surface area contributed by atoms with Gasteiger partial charge in [0.05, 0.1) is 0 Å². The van der Waals surface area contributed by atoms with Crippen LogP contribution in [0.1, 0.15) is 76.0 Å². The van der Waals surface area contributed by atoms with Gasteiger partial charge in [-0.2, -0.15) is 0 Å². The van der Waals surface area contributed by atoms with E-state index in [1.54, 1.807) is 6.07 Å². The number of amides is 1. The normalized spacial score (nSPS) is 8.36. The fraction of sp³-hybridized carbons (Fsp3) is 0.435. The molecule has 2 N–H and O–H groups in total. The van der Waals surface area contributed by atoms with E-state index in [1.165, 1.54) is 17.5 Å². The number of carbonyl (C=O) groups is 1. The number of aryl methyl sites for hydroxylation is 2. The van der Waals surface area contributed by atoms with Crippen LogP contribution < -0.4 is 5.73 Å². The number of hydrogen-bond donors (Lipinski definition) is 1. The topological polar surface area (TPSA) is 43.1 Å². The summed E-state index contributed by atoms with van der Waals surface area (Å²) in [4.78, 5) is 11.1. The van der Waals surface area contributed by atoms with Gasteiger partial charge < -0.3 is 5.73 Å². The van der Waals surface area contributed by atoms with E-state index in [1.807, 2.05) is 37.3 Å². The van der Waals surface area contributed by atoms with Crippen molar-refractivity contribution in [2.24, 2.45) is 5.73 Å². The maximum absolute atomic E-state index is 11.1. The maximum atomic E-state index is 11.1. The molecule has 2 aromatic rings. The molecule has 0 bridgehead atoms. The molecule has 0 unspecified atom stereocenters. The van der Waals surface area contributed by atoms with E-state index in [0.29, 0.717) is 5.56 Å². The largest absolute Gasteiger partial charge is 0.366 e. The van der Waals surface area contributed by atoms with Crippen molar-refractivity contribution < 1.29 is 4.79 Å². The van der Waals surface area contributed by atoms with Crippen LogP contribution in [0.2, 0.25) is 0 Å². The number of hydrogen-bond acceptors (Lipinski definition) is 1. The number of primary amides is 1. The minimum absolute atomic E-state index is 0. The van der Waals surface area contributed by atoms with Gasteiger partial charge in [0.25, 0.3) is 0 Å². The molecular formula is C23H39NO. The number of nitrogens with two attached hydrogens (primary N) is 1. The average Bonchev–Trinajstić information content (AvgIpc) is 2.56. The average molecular weight is 346 g/mol. The van der Waals surface area contributed by atoms with Gasteiger partial charge in [-0.1, -0.05) is 97.0 Å². The summed E-state index contributed by atoms with van der Waals surface area (Å²) in [6.07, 6.45) is 3.06. The maximum Gasteiger partial charge on any atom is 0.248 e. The number of carbonyl (C=O) groups excluding carboxylic acids is 1. The Balaban J connectivity index is -0.000000344. The summed E-state index contributed by atoms with van der Waals surface area (Å²) >= 11 is 0. The zero-order chi connectivity index (χ0) is 17.7. The summed E-state index contributed by atoms with van der Waals surface area (Å²) in [6.45, 7) is 10.5. The Labute approximate surface area is 156 Å². The van der Waals surface area contributed by atoms with Gasteiger partial charge in [0.2, 0.25) is 5.91 Å². The molecule has 25 heavy (non-hydrogen) atoms. The van der Waals surface area contributed by atoms with E-state index in [0.717, 1.165) is 18.4 Å². The third-order valence-electron chi connectivity index (χ3n) is 3.21. The van der Waals surface area contributed by atoms with Gasteiger partial charge in [-0.15, -0.1) is 0 Å². The molecule has 0 radical (unpaired) electrons. The van der Waals surface area contributed by atoms with E-state index in [4.69, 9.17) is 5.73 Å². The zero-order valence-corrected chi connectivity index (χ0v) is 15.2. The molecule has 0 aliphatic carbocycles. The summed E-state index contributed by atoms with van der Waals surface area (Å²) in [5.41, 5.74) is 9.58. The first-order valence-corrected chi connectivity index (χ1v) is 8.43. The van der Waals surface area contributed by atoms with E-state index in [9.17, 15) is 4.79 Å². The highest BCUT2D eigenvalue weighted by Crippen LogP contribution is 2.15. The van der Waals surface area contributed by atoms with Crippen LogP contribution in [0.15, 0.2) is 48.5 Å². The van der Waals surface area contributed by atoms with Gasteiger partial charge in [-0.3, -0.25) is 4.79 Å². The smallest absolute Gasteiger partial charge is 0.248 e. The second-order valence-corrected chi connectivity index (χ2v) is 5.38. The molecule has 0 atom stereocenters. The fourth-order valence-corrected chi connectivity index (χ4v) is 2.15. The van der Waals surface area contributed by atoms with Gasteiger partial charge in [0, 0.05) is 5.56 Å². The lowest BCUT2D eigenvalue weighted by atomic mass is 9.97. The summed E-state index contributed by atoms with van der Waals surface area (Å²) in [5, 5.41) is 0. The summed E-state index contributed by atoms with van der Waals surface area (Å²) < 4.78 is 0. The molecule has 2 nitrogen and oxygen atoms in total. The van der Waals surface area contributed by atoms with Crippen LogP contribution in [0.4, 0.5) is 0 Å². The standard InChI is InChI=1S/C11H15NO.C7H8.C3H8.2CH4/c1-3-8-6-5-7-10(11(12)13)9(8)4-2;1-7-5-3-2-4-6-7;1-3-2;;/h5-7H,3-4H2,1-2H3,(H2,12,13);2-6H,1H3;3H2,1-2H3;2*1H4. The Bertz CT molecular complexity index is 562. The molecule has 0 aliphatic rings. The predicted octanol–water partition coefficient (Wildman–Crippen LogP) is 6.59. The second-order valence-electron chi connectivity index (χ2n) is 5.38. The fourth-order valence-electron chi connectivity index (χ4n) is 2.15. The third-order valence-corrected chi connectivity index (χ3v) is 3.21. The molecule has 1 amide bonds. The van der Waals surface area contributed by atoms with Crippen molar-refractivity contribution in [1.82, 2.24) is 0 Å². The monoisotopic (exact) mass is 345 g/mol. The molecule has 0 aliphatic heterocycles. The van der Waals surface area contributed by atoms with Gasteiger partial charge in [-0.05, 0) is 37.0 Å². The Morgan fingerprint density at radius 1 is 0.840 bits per heavy atom. The first kappa shape index (κ1) is 27.7. The highest BCUT2D eigenvalue weighted by molar-refractivity contribution is 5.94. The molecule has 0 heterocycles. The first-order valence-electron chi connectivity index (χ1n) is 8.43. The Kier molecular flexibility index (Phi) is 18.6. The molecule has 142 valence electrons. The van der Waals surface area contributed by atoms with E-state index in [2.05, 4.69) is 39.8 Å². The Hall–Kier alpha value is -2.09. The van der Waals surface area contributed by atoms with Crippen LogP contribution in [0.3, 0.4) is 0 Å². The lowest BCUT2D eigenvalue weighted by Gasteiger charge is -2.09. The SMILES string of the molecule is C.C.CCC.CCc1cccc(C(N)=O)c1CC.Cc1ccccc1. The minimum atomic E-state index is -0.327. The van der Waals surface area contributed by atoms with Gasteiger partial charge in [-0.25, -0.2) is 0 Å². The van der Waals surface area contributed by atoms with Crippen LogP contribution in [0.25, 0.3) is 0 Å². The van der Waals surface area contributed by atoms with E-state index < -0.39 is 0 Å². The Morgan fingerprint density at radius 3 is 1.68 bits per heavy atom. The van der Waals surface area contributed by atoms with Gasteiger partial charge >= 0.3 is 0 Å². The quantitative estimate of drug-likeness (QED) is 0.669. The van der Waals surface area contributed by atoms with Crippen LogP contribution in [0, 0.1) is 6.92 Å². The molecule has 2 rings (SSSR count). The third kappa shape index (κ3) is 11.1. The van der Waals surface area contributed by atoms with Crippen LogP contribution in [0.5, 0.6) is 0 Å². The molecule has 2 heteroatoms. The first-order chi connectivity index (χ1) is 11.0. The lowest BCUT2D eigenvalue weighted by molar-refractivity contribution is 0.0999. The predicted molar refractivity (Wildman–Crippen MR) is 114 cm³/mol. The molecule has 2 aromatic carbocycles. The summed E-state index contributed by atoms with van der Waals surface area (Å²) in [6, 6.07) is 16.0. The van der Waals surface area contributed by atoms with Gasteiger partial charge in [0.15, 0.2) is 0 Å². The molecule has 0 saturated carbocycles. The van der Waals surface area contributed by atoms with Crippen molar-refractivity contribution in [2.45, 2.75) is 68.7 Å². The van der Waals surface area contributed by atoms with E-state index in [-0.39, 0.29) is 20.8 Å². The van der Waals surface area contributed by atoms with Crippen molar-refractivity contribution in [3.05, 3.63) is 70.8 Å². The van der Waals surface area contributed by atoms with Crippen molar-refractivity contribution in [2.75, 3.05) is 0 Å². The van der Waals surface area contributed by atoms with Crippen molar-refractivity contribution in [3.63, 3.8) is 0 Å².